The van der Waals surface area contributed by atoms with Crippen molar-refractivity contribution in [3.8, 4) is 11.8 Å². The summed E-state index contributed by atoms with van der Waals surface area (Å²) in [5, 5.41) is 2.90. The van der Waals surface area contributed by atoms with Crippen LogP contribution in [0.1, 0.15) is 83.6 Å². The minimum atomic E-state index is -0.985. The van der Waals surface area contributed by atoms with E-state index in [-0.39, 0.29) is 22.7 Å². The number of pyridine rings is 1. The molecule has 5 rings (SSSR count). The van der Waals surface area contributed by atoms with Gasteiger partial charge in [-0.05, 0) is 93.6 Å². The highest BCUT2D eigenvalue weighted by atomic mass is 32.2. The van der Waals surface area contributed by atoms with Crippen LogP contribution in [0.4, 0.5) is 5.69 Å². The summed E-state index contributed by atoms with van der Waals surface area (Å²) in [5.74, 6) is 5.74. The SMILES string of the molecule is CCN1CCCC(=O)/S(NC(=O)c2cncc(C#Cc3cccc(NC(=O)c4occc4C)c3)c2)=C2\C=C(CCC2)C1C. The molecule has 0 saturated carbocycles. The molecule has 9 heteroatoms. The molecule has 1 aliphatic carbocycles. The Bertz CT molecular complexity index is 1680. The zero-order valence-electron chi connectivity index (χ0n) is 24.7. The molecule has 1 aliphatic heterocycles. The number of amides is 2. The molecule has 2 bridgehead atoms. The van der Waals surface area contributed by atoms with Crippen molar-refractivity contribution in [3.63, 3.8) is 0 Å². The molecule has 2 atom stereocenters. The number of hydrogen-bond acceptors (Lipinski definition) is 6. The Morgan fingerprint density at radius 3 is 2.70 bits per heavy atom. The van der Waals surface area contributed by atoms with Crippen LogP contribution in [0.5, 0.6) is 0 Å². The molecule has 0 radical (unpaired) electrons. The predicted octanol–water partition coefficient (Wildman–Crippen LogP) is 5.86. The molecular formula is C34H36N4O4S. The Balaban J connectivity index is 1.33. The van der Waals surface area contributed by atoms with E-state index < -0.39 is 10.7 Å². The molecular weight excluding hydrogens is 560 g/mol. The smallest absolute Gasteiger partial charge is 0.291 e. The third kappa shape index (κ3) is 7.39. The lowest BCUT2D eigenvalue weighted by atomic mass is 9.93. The van der Waals surface area contributed by atoms with Gasteiger partial charge in [0.25, 0.3) is 11.8 Å². The molecule has 0 fully saturated rings. The maximum atomic E-state index is 13.4. The highest BCUT2D eigenvalue weighted by Crippen LogP contribution is 2.30. The minimum absolute atomic E-state index is 0.0737. The van der Waals surface area contributed by atoms with Crippen LogP contribution in [0.25, 0.3) is 0 Å². The van der Waals surface area contributed by atoms with Crippen LogP contribution in [-0.4, -0.2) is 50.8 Å². The minimum Gasteiger partial charge on any atom is -0.459 e. The van der Waals surface area contributed by atoms with Crippen molar-refractivity contribution in [1.82, 2.24) is 14.6 Å². The van der Waals surface area contributed by atoms with Crippen LogP contribution in [0.3, 0.4) is 0 Å². The van der Waals surface area contributed by atoms with E-state index in [1.807, 2.05) is 13.0 Å². The highest BCUT2D eigenvalue weighted by Gasteiger charge is 2.25. The molecule has 2 unspecified atom stereocenters. The van der Waals surface area contributed by atoms with Crippen LogP contribution in [0, 0.1) is 18.8 Å². The fraction of sp³-hybridized carbons (Fsp3) is 0.324. The highest BCUT2D eigenvalue weighted by molar-refractivity contribution is 8.27. The van der Waals surface area contributed by atoms with E-state index in [2.05, 4.69) is 51.7 Å². The lowest BCUT2D eigenvalue weighted by molar-refractivity contribution is -0.111. The second-order valence-electron chi connectivity index (χ2n) is 10.7. The normalized spacial score (nSPS) is 19.9. The van der Waals surface area contributed by atoms with E-state index in [9.17, 15) is 14.4 Å². The van der Waals surface area contributed by atoms with Gasteiger partial charge in [-0.2, -0.15) is 0 Å². The summed E-state index contributed by atoms with van der Waals surface area (Å²) in [7, 11) is -0.985. The van der Waals surface area contributed by atoms with Gasteiger partial charge in [-0.1, -0.05) is 36.5 Å². The van der Waals surface area contributed by atoms with Crippen LogP contribution in [-0.2, 0) is 4.79 Å². The van der Waals surface area contributed by atoms with E-state index in [1.165, 1.54) is 18.0 Å². The van der Waals surface area contributed by atoms with E-state index in [1.54, 1.807) is 36.5 Å². The molecule has 2 N–H and O–H groups in total. The molecule has 222 valence electrons. The molecule has 2 amide bonds. The van der Waals surface area contributed by atoms with E-state index in [0.717, 1.165) is 49.2 Å². The summed E-state index contributed by atoms with van der Waals surface area (Å²) in [6, 6.07) is 10.9. The first-order chi connectivity index (χ1) is 20.8. The number of anilines is 1. The van der Waals surface area contributed by atoms with Crippen LogP contribution in [0.2, 0.25) is 0 Å². The summed E-state index contributed by atoms with van der Waals surface area (Å²) >= 11 is 0. The van der Waals surface area contributed by atoms with Crippen molar-refractivity contribution in [2.75, 3.05) is 18.4 Å². The predicted molar refractivity (Wildman–Crippen MR) is 171 cm³/mol. The van der Waals surface area contributed by atoms with Gasteiger partial charge in [0.2, 0.25) is 5.12 Å². The lowest BCUT2D eigenvalue weighted by Crippen LogP contribution is -2.37. The molecule has 43 heavy (non-hydrogen) atoms. The average Bonchev–Trinajstić information content (AvgIpc) is 3.46. The number of nitrogens with zero attached hydrogens (tertiary/aromatic N) is 2. The molecule has 2 aromatic heterocycles. The third-order valence-corrected chi connectivity index (χ3v) is 9.67. The molecule has 8 nitrogen and oxygen atoms in total. The Kier molecular flexibility index (Phi) is 9.70. The third-order valence-electron chi connectivity index (χ3n) is 7.78. The number of benzene rings is 1. The van der Waals surface area contributed by atoms with Gasteiger partial charge >= 0.3 is 0 Å². The van der Waals surface area contributed by atoms with Crippen LogP contribution < -0.4 is 10.0 Å². The van der Waals surface area contributed by atoms with Crippen LogP contribution >= 0.6 is 10.7 Å². The van der Waals surface area contributed by atoms with Gasteiger partial charge in [-0.25, -0.2) is 0 Å². The Hall–Kier alpha value is -4.26. The Morgan fingerprint density at radius 2 is 1.91 bits per heavy atom. The number of carbonyl (C=O) groups is 3. The van der Waals surface area contributed by atoms with E-state index in [4.69, 9.17) is 4.42 Å². The number of nitrogens with one attached hydrogen (secondary N) is 2. The van der Waals surface area contributed by atoms with Crippen molar-refractivity contribution in [2.24, 2.45) is 0 Å². The molecule has 3 heterocycles. The summed E-state index contributed by atoms with van der Waals surface area (Å²) in [5.41, 5.74) is 4.28. The quantitative estimate of drug-likeness (QED) is 0.282. The molecule has 1 aromatic carbocycles. The fourth-order valence-corrected chi connectivity index (χ4v) is 7.17. The fourth-order valence-electron chi connectivity index (χ4n) is 5.36. The zero-order valence-corrected chi connectivity index (χ0v) is 25.6. The van der Waals surface area contributed by atoms with Gasteiger partial charge < -0.3 is 9.73 Å². The number of aryl methyl sites for hydroxylation is 1. The van der Waals surface area contributed by atoms with Gasteiger partial charge in [0.15, 0.2) is 5.76 Å². The largest absolute Gasteiger partial charge is 0.459 e. The average molecular weight is 597 g/mol. The first kappa shape index (κ1) is 30.2. The monoisotopic (exact) mass is 596 g/mol. The molecule has 2 aliphatic rings. The Morgan fingerprint density at radius 1 is 1.07 bits per heavy atom. The van der Waals surface area contributed by atoms with Crippen molar-refractivity contribution in [3.05, 3.63) is 94.7 Å². The van der Waals surface area contributed by atoms with Gasteiger partial charge in [-0.15, -0.1) is 0 Å². The van der Waals surface area contributed by atoms with Crippen molar-refractivity contribution in [2.45, 2.75) is 58.9 Å². The first-order valence-electron chi connectivity index (χ1n) is 14.6. The summed E-state index contributed by atoms with van der Waals surface area (Å²) < 4.78 is 8.32. The number of aromatic nitrogens is 1. The topological polar surface area (TPSA) is 105 Å². The van der Waals surface area contributed by atoms with Gasteiger partial charge in [0, 0.05) is 52.1 Å². The number of rotatable bonds is 5. The van der Waals surface area contributed by atoms with Crippen molar-refractivity contribution < 1.29 is 18.8 Å². The van der Waals surface area contributed by atoms with E-state index in [0.29, 0.717) is 34.8 Å². The molecule has 0 saturated heterocycles. The second kappa shape index (κ2) is 13.8. The molecule has 3 aromatic rings. The summed E-state index contributed by atoms with van der Waals surface area (Å²) in [6.45, 7) is 8.03. The summed E-state index contributed by atoms with van der Waals surface area (Å²) in [6.07, 6.45) is 10.8. The van der Waals surface area contributed by atoms with Crippen molar-refractivity contribution >= 4 is 38.2 Å². The zero-order chi connectivity index (χ0) is 30.3. The first-order valence-corrected chi connectivity index (χ1v) is 15.9. The number of hydrogen-bond donors (Lipinski definition) is 2. The van der Waals surface area contributed by atoms with Crippen molar-refractivity contribution in [1.29, 1.82) is 0 Å². The number of fused-ring (bicyclic) bond motifs is 1. The van der Waals surface area contributed by atoms with Crippen LogP contribution in [0.15, 0.2) is 71.1 Å². The van der Waals surface area contributed by atoms with Gasteiger partial charge in [0.05, 0.1) is 11.8 Å². The number of carbonyl (C=O) groups excluding carboxylic acids is 3. The second-order valence-corrected chi connectivity index (χ2v) is 12.5. The van der Waals surface area contributed by atoms with E-state index >= 15 is 0 Å². The van der Waals surface area contributed by atoms with Gasteiger partial charge in [-0.3, -0.25) is 29.0 Å². The standard InChI is InChI=1S/C34H36N4O4S/c1-4-38-16-7-12-31(39)43(30-11-6-9-27(20-30)24(38)3)37-33(40)28-18-26(21-35-22-28)14-13-25-8-5-10-29(19-25)36-34(41)32-23(2)15-17-42-32/h5,8,10,15,17-22,24H,4,6-7,9,11-12,16H2,1-3H3,(H,36,41)(H,37,40). The number of allylic oxidation sites excluding steroid dienone is 1. The summed E-state index contributed by atoms with van der Waals surface area (Å²) in [4.78, 5) is 46.9. The van der Waals surface area contributed by atoms with Gasteiger partial charge in [0.1, 0.15) is 0 Å². The number of likely N-dealkylation sites (N-methyl/N-ethyl adjacent to an activating group) is 1. The Labute approximate surface area is 255 Å². The maximum absolute atomic E-state index is 13.4. The molecule has 0 spiro atoms. The maximum Gasteiger partial charge on any atom is 0.291 e. The lowest BCUT2D eigenvalue weighted by Gasteiger charge is -2.33. The number of furan rings is 1.